The van der Waals surface area contributed by atoms with Gasteiger partial charge in [0.2, 0.25) is 11.8 Å². The van der Waals surface area contributed by atoms with E-state index < -0.39 is 0 Å². The molecule has 0 spiro atoms. The molecule has 0 unspecified atom stereocenters. The van der Waals surface area contributed by atoms with Crippen LogP contribution in [0.5, 0.6) is 0 Å². The van der Waals surface area contributed by atoms with Gasteiger partial charge in [-0.25, -0.2) is 4.98 Å². The predicted octanol–water partition coefficient (Wildman–Crippen LogP) is 3.53. The number of carbonyl (C=O) groups excluding carboxylic acids is 1. The molecule has 116 valence electrons. The Hall–Kier alpha value is -2.40. The first-order valence-corrected chi connectivity index (χ1v) is 8.50. The van der Waals surface area contributed by atoms with Crippen LogP contribution < -0.4 is 0 Å². The minimum absolute atomic E-state index is 0.106. The average Bonchev–Trinajstić information content (AvgIpc) is 3.24. The monoisotopic (exact) mass is 324 g/mol. The molecule has 0 saturated carbocycles. The van der Waals surface area contributed by atoms with E-state index in [1.807, 2.05) is 35.2 Å². The summed E-state index contributed by atoms with van der Waals surface area (Å²) in [5.41, 5.74) is 2.89. The zero-order chi connectivity index (χ0) is 15.6. The number of carbonyl (C=O) groups is 1. The number of hydrogen-bond donors (Lipinski definition) is 0. The molecule has 0 saturated heterocycles. The first-order valence-electron chi connectivity index (χ1n) is 7.62. The lowest BCUT2D eigenvalue weighted by Crippen LogP contribution is -2.36. The predicted molar refractivity (Wildman–Crippen MR) is 89.1 cm³/mol. The van der Waals surface area contributed by atoms with E-state index in [0.717, 1.165) is 18.5 Å². The average molecular weight is 324 g/mol. The number of hydrogen-bond acceptors (Lipinski definition) is 4. The standard InChI is InChI=1S/C18H16N2O2S/c21-17(20-8-6-16-14(11-20)7-9-23-16)10-15-12-22-18(19-15)13-4-2-1-3-5-13/h1-5,7,9,12H,6,8,10-11H2. The van der Waals surface area contributed by atoms with Gasteiger partial charge in [-0.2, -0.15) is 0 Å². The fourth-order valence-electron chi connectivity index (χ4n) is 2.83. The highest BCUT2D eigenvalue weighted by Gasteiger charge is 2.22. The summed E-state index contributed by atoms with van der Waals surface area (Å²) in [4.78, 5) is 20.2. The molecule has 0 N–H and O–H groups in total. The Balaban J connectivity index is 1.45. The molecule has 23 heavy (non-hydrogen) atoms. The van der Waals surface area contributed by atoms with Gasteiger partial charge in [0, 0.05) is 23.5 Å². The summed E-state index contributed by atoms with van der Waals surface area (Å²) in [5.74, 6) is 0.668. The molecule has 0 radical (unpaired) electrons. The van der Waals surface area contributed by atoms with Crippen LogP contribution in [-0.4, -0.2) is 22.3 Å². The first kappa shape index (κ1) is 14.2. The highest BCUT2D eigenvalue weighted by atomic mass is 32.1. The molecule has 1 amide bonds. The molecule has 4 nitrogen and oxygen atoms in total. The number of benzene rings is 1. The normalized spacial score (nSPS) is 13.8. The Labute approximate surface area is 138 Å². The van der Waals surface area contributed by atoms with Crippen molar-refractivity contribution in [1.82, 2.24) is 9.88 Å². The fourth-order valence-corrected chi connectivity index (χ4v) is 3.72. The molecule has 0 fully saturated rings. The lowest BCUT2D eigenvalue weighted by atomic mass is 10.1. The lowest BCUT2D eigenvalue weighted by Gasteiger charge is -2.26. The molecule has 0 bridgehead atoms. The highest BCUT2D eigenvalue weighted by molar-refractivity contribution is 7.10. The quantitative estimate of drug-likeness (QED) is 0.740. The van der Waals surface area contributed by atoms with Crippen LogP contribution in [0.25, 0.3) is 11.5 Å². The van der Waals surface area contributed by atoms with Crippen molar-refractivity contribution in [1.29, 1.82) is 0 Å². The summed E-state index contributed by atoms with van der Waals surface area (Å²) < 4.78 is 5.50. The maximum absolute atomic E-state index is 12.5. The van der Waals surface area contributed by atoms with Crippen molar-refractivity contribution in [3.05, 3.63) is 64.2 Å². The Kier molecular flexibility index (Phi) is 3.71. The minimum atomic E-state index is 0.106. The van der Waals surface area contributed by atoms with Gasteiger partial charge in [0.25, 0.3) is 0 Å². The SMILES string of the molecule is O=C(Cc1coc(-c2ccccc2)n1)N1CCc2sccc2C1. The Morgan fingerprint density at radius 2 is 2.13 bits per heavy atom. The molecule has 0 aliphatic carbocycles. The van der Waals surface area contributed by atoms with Gasteiger partial charge in [0.15, 0.2) is 0 Å². The summed E-state index contributed by atoms with van der Waals surface area (Å²) in [5, 5.41) is 2.10. The van der Waals surface area contributed by atoms with Crippen LogP contribution in [0.3, 0.4) is 0 Å². The van der Waals surface area contributed by atoms with E-state index in [1.165, 1.54) is 10.4 Å². The third kappa shape index (κ3) is 2.92. The Morgan fingerprint density at radius 1 is 1.26 bits per heavy atom. The van der Waals surface area contributed by atoms with Gasteiger partial charge < -0.3 is 9.32 Å². The topological polar surface area (TPSA) is 46.3 Å². The largest absolute Gasteiger partial charge is 0.444 e. The second kappa shape index (κ2) is 6.01. The third-order valence-corrected chi connectivity index (χ3v) is 5.09. The molecular formula is C18H16N2O2S. The number of amides is 1. The molecule has 5 heteroatoms. The van der Waals surface area contributed by atoms with Crippen molar-refractivity contribution < 1.29 is 9.21 Å². The highest BCUT2D eigenvalue weighted by Crippen LogP contribution is 2.24. The summed E-state index contributed by atoms with van der Waals surface area (Å²) in [6.07, 6.45) is 2.82. The van der Waals surface area contributed by atoms with Crippen LogP contribution in [0.1, 0.15) is 16.1 Å². The van der Waals surface area contributed by atoms with Gasteiger partial charge in [-0.05, 0) is 35.6 Å². The van der Waals surface area contributed by atoms with Gasteiger partial charge in [0.05, 0.1) is 12.1 Å². The van der Waals surface area contributed by atoms with E-state index in [-0.39, 0.29) is 12.3 Å². The summed E-state index contributed by atoms with van der Waals surface area (Å²) in [6.45, 7) is 1.50. The number of nitrogens with zero attached hydrogens (tertiary/aromatic N) is 2. The van der Waals surface area contributed by atoms with Crippen LogP contribution in [0, 0.1) is 0 Å². The van der Waals surface area contributed by atoms with E-state index in [4.69, 9.17) is 4.42 Å². The van der Waals surface area contributed by atoms with Crippen molar-refractivity contribution in [3.8, 4) is 11.5 Å². The van der Waals surface area contributed by atoms with Crippen molar-refractivity contribution in [2.24, 2.45) is 0 Å². The molecule has 1 aromatic carbocycles. The Morgan fingerprint density at radius 3 is 3.00 bits per heavy atom. The van der Waals surface area contributed by atoms with Gasteiger partial charge in [-0.3, -0.25) is 4.79 Å². The summed E-state index contributed by atoms with van der Waals surface area (Å²) in [7, 11) is 0. The van der Waals surface area contributed by atoms with E-state index in [9.17, 15) is 4.79 Å². The number of rotatable bonds is 3. The molecule has 4 rings (SSSR count). The Bertz CT molecular complexity index is 822. The molecule has 2 aromatic heterocycles. The van der Waals surface area contributed by atoms with Crippen molar-refractivity contribution in [2.75, 3.05) is 6.54 Å². The van der Waals surface area contributed by atoms with E-state index >= 15 is 0 Å². The second-order valence-electron chi connectivity index (χ2n) is 5.62. The first-order chi connectivity index (χ1) is 11.3. The molecular weight excluding hydrogens is 308 g/mol. The molecule has 0 atom stereocenters. The van der Waals surface area contributed by atoms with Crippen molar-refractivity contribution >= 4 is 17.2 Å². The minimum Gasteiger partial charge on any atom is -0.444 e. The fraction of sp³-hybridized carbons (Fsp3) is 0.222. The number of thiophene rings is 1. The third-order valence-electron chi connectivity index (χ3n) is 4.07. The van der Waals surface area contributed by atoms with Crippen LogP contribution in [0.15, 0.2) is 52.5 Å². The molecule has 3 aromatic rings. The van der Waals surface area contributed by atoms with Crippen molar-refractivity contribution in [2.45, 2.75) is 19.4 Å². The van der Waals surface area contributed by atoms with Gasteiger partial charge in [-0.15, -0.1) is 11.3 Å². The van der Waals surface area contributed by atoms with Crippen LogP contribution >= 0.6 is 11.3 Å². The molecule has 3 heterocycles. The van der Waals surface area contributed by atoms with Crippen molar-refractivity contribution in [3.63, 3.8) is 0 Å². The lowest BCUT2D eigenvalue weighted by molar-refractivity contribution is -0.131. The zero-order valence-electron chi connectivity index (χ0n) is 12.6. The van der Waals surface area contributed by atoms with E-state index in [1.54, 1.807) is 17.6 Å². The van der Waals surface area contributed by atoms with Crippen LogP contribution in [0.2, 0.25) is 0 Å². The smallest absolute Gasteiger partial charge is 0.229 e. The second-order valence-corrected chi connectivity index (χ2v) is 6.62. The maximum Gasteiger partial charge on any atom is 0.229 e. The maximum atomic E-state index is 12.5. The van der Waals surface area contributed by atoms with Gasteiger partial charge in [0.1, 0.15) is 6.26 Å². The van der Waals surface area contributed by atoms with Gasteiger partial charge in [-0.1, -0.05) is 18.2 Å². The summed E-state index contributed by atoms with van der Waals surface area (Å²) in [6, 6.07) is 11.8. The molecule has 1 aliphatic heterocycles. The molecule has 1 aliphatic rings. The van der Waals surface area contributed by atoms with Crippen LogP contribution in [-0.2, 0) is 24.2 Å². The zero-order valence-corrected chi connectivity index (χ0v) is 13.4. The summed E-state index contributed by atoms with van der Waals surface area (Å²) >= 11 is 1.78. The number of oxazole rings is 1. The van der Waals surface area contributed by atoms with Gasteiger partial charge >= 0.3 is 0 Å². The number of aromatic nitrogens is 1. The van der Waals surface area contributed by atoms with E-state index in [0.29, 0.717) is 18.1 Å². The van der Waals surface area contributed by atoms with E-state index in [2.05, 4.69) is 16.4 Å². The van der Waals surface area contributed by atoms with Crippen LogP contribution in [0.4, 0.5) is 0 Å². The number of fused-ring (bicyclic) bond motifs is 1.